The summed E-state index contributed by atoms with van der Waals surface area (Å²) in [6.07, 6.45) is 0. The second-order valence-electron chi connectivity index (χ2n) is 5.19. The molecule has 0 radical (unpaired) electrons. The molecule has 0 bridgehead atoms. The van der Waals surface area contributed by atoms with Gasteiger partial charge < -0.3 is 20.5 Å². The Balaban J connectivity index is 4.43. The average Bonchev–Trinajstić information content (AvgIpc) is 2.30. The van der Waals surface area contributed by atoms with Crippen LogP contribution in [0, 0.1) is 11.8 Å². The van der Waals surface area contributed by atoms with Crippen molar-refractivity contribution in [2.75, 3.05) is 13.2 Å². The van der Waals surface area contributed by atoms with Crippen molar-refractivity contribution in [2.45, 2.75) is 46.7 Å². The molecule has 0 aliphatic heterocycles. The van der Waals surface area contributed by atoms with Gasteiger partial charge in [0.1, 0.15) is 6.04 Å². The first-order chi connectivity index (χ1) is 8.79. The highest BCUT2D eigenvalue weighted by molar-refractivity contribution is 5.82. The first-order valence-corrected chi connectivity index (χ1v) is 6.67. The van der Waals surface area contributed by atoms with Crippen molar-refractivity contribution >= 4 is 12.0 Å². The molecule has 1 unspecified atom stereocenters. The monoisotopic (exact) mass is 274 g/mol. The van der Waals surface area contributed by atoms with Crippen LogP contribution in [0.2, 0.25) is 0 Å². The molecule has 0 aliphatic rings. The molecule has 112 valence electrons. The van der Waals surface area contributed by atoms with Gasteiger partial charge in [-0.3, -0.25) is 0 Å². The maximum atomic E-state index is 11.8. The molecule has 0 aromatic heterocycles. The van der Waals surface area contributed by atoms with Crippen LogP contribution in [-0.4, -0.2) is 42.4 Å². The SMILES string of the molecule is CCOCC(NC(=O)N[C@@H](C(=O)O)C(C)C)C(C)C. The van der Waals surface area contributed by atoms with Gasteiger partial charge in [0.15, 0.2) is 0 Å². The summed E-state index contributed by atoms with van der Waals surface area (Å²) in [6, 6.07) is -1.50. The molecule has 0 aliphatic carbocycles. The summed E-state index contributed by atoms with van der Waals surface area (Å²) >= 11 is 0. The number of carboxylic acid groups (broad SMARTS) is 1. The van der Waals surface area contributed by atoms with E-state index in [0.717, 1.165) is 0 Å². The van der Waals surface area contributed by atoms with Crippen molar-refractivity contribution in [3.8, 4) is 0 Å². The minimum atomic E-state index is -1.03. The highest BCUT2D eigenvalue weighted by Gasteiger charge is 2.25. The van der Waals surface area contributed by atoms with Gasteiger partial charge in [0, 0.05) is 6.61 Å². The minimum absolute atomic E-state index is 0.137. The van der Waals surface area contributed by atoms with E-state index < -0.39 is 18.0 Å². The van der Waals surface area contributed by atoms with Crippen molar-refractivity contribution in [2.24, 2.45) is 11.8 Å². The van der Waals surface area contributed by atoms with Gasteiger partial charge >= 0.3 is 12.0 Å². The van der Waals surface area contributed by atoms with E-state index in [-0.39, 0.29) is 17.9 Å². The number of carbonyl (C=O) groups excluding carboxylic acids is 1. The summed E-state index contributed by atoms with van der Waals surface area (Å²) in [6.45, 7) is 10.3. The van der Waals surface area contributed by atoms with E-state index in [9.17, 15) is 9.59 Å². The quantitative estimate of drug-likeness (QED) is 0.625. The number of carboxylic acids is 1. The number of nitrogens with one attached hydrogen (secondary N) is 2. The molecule has 0 spiro atoms. The average molecular weight is 274 g/mol. The fraction of sp³-hybridized carbons (Fsp3) is 0.846. The molecule has 6 nitrogen and oxygen atoms in total. The summed E-state index contributed by atoms with van der Waals surface area (Å²) < 4.78 is 5.30. The lowest BCUT2D eigenvalue weighted by molar-refractivity contribution is -0.140. The molecule has 0 saturated heterocycles. The molecule has 3 N–H and O–H groups in total. The fourth-order valence-electron chi connectivity index (χ4n) is 1.51. The summed E-state index contributed by atoms with van der Waals surface area (Å²) in [7, 11) is 0. The lowest BCUT2D eigenvalue weighted by atomic mass is 10.0. The molecule has 0 aromatic carbocycles. The Morgan fingerprint density at radius 1 is 1.11 bits per heavy atom. The molecule has 0 aromatic rings. The maximum absolute atomic E-state index is 11.8. The Morgan fingerprint density at radius 3 is 2.05 bits per heavy atom. The van der Waals surface area contributed by atoms with E-state index in [1.54, 1.807) is 13.8 Å². The first kappa shape index (κ1) is 17.7. The maximum Gasteiger partial charge on any atom is 0.326 e. The van der Waals surface area contributed by atoms with Crippen LogP contribution in [0.3, 0.4) is 0 Å². The Bertz CT molecular complexity index is 292. The van der Waals surface area contributed by atoms with Gasteiger partial charge in [-0.25, -0.2) is 9.59 Å². The van der Waals surface area contributed by atoms with Crippen LogP contribution in [0.4, 0.5) is 4.79 Å². The van der Waals surface area contributed by atoms with Crippen molar-refractivity contribution in [3.63, 3.8) is 0 Å². The number of aliphatic carboxylic acids is 1. The molecule has 2 amide bonds. The molecule has 6 heteroatoms. The molecule has 19 heavy (non-hydrogen) atoms. The zero-order valence-corrected chi connectivity index (χ0v) is 12.4. The Hall–Kier alpha value is -1.30. The number of ether oxygens (including phenoxy) is 1. The number of rotatable bonds is 8. The molecule has 0 rings (SSSR count). The molecule has 0 saturated carbocycles. The Morgan fingerprint density at radius 2 is 1.68 bits per heavy atom. The van der Waals surface area contributed by atoms with Crippen molar-refractivity contribution in [3.05, 3.63) is 0 Å². The second kappa shape index (κ2) is 8.74. The standard InChI is InChI=1S/C13H26N2O4/c1-6-19-7-10(8(2)3)14-13(18)15-11(9(4)5)12(16)17/h8-11H,6-7H2,1-5H3,(H,16,17)(H2,14,15,18)/t10?,11-/m1/s1. The number of hydrogen-bond donors (Lipinski definition) is 3. The molecular weight excluding hydrogens is 248 g/mol. The van der Waals surface area contributed by atoms with Crippen LogP contribution in [0.15, 0.2) is 0 Å². The Labute approximate surface area is 114 Å². The van der Waals surface area contributed by atoms with Gasteiger partial charge in [-0.2, -0.15) is 0 Å². The zero-order valence-electron chi connectivity index (χ0n) is 12.4. The third-order valence-corrected chi connectivity index (χ3v) is 2.84. The Kier molecular flexibility index (Phi) is 8.14. The van der Waals surface area contributed by atoms with Gasteiger partial charge in [-0.05, 0) is 18.8 Å². The highest BCUT2D eigenvalue weighted by atomic mass is 16.5. The predicted molar refractivity (Wildman–Crippen MR) is 73.0 cm³/mol. The second-order valence-corrected chi connectivity index (χ2v) is 5.19. The van der Waals surface area contributed by atoms with Gasteiger partial charge in [0.25, 0.3) is 0 Å². The van der Waals surface area contributed by atoms with E-state index in [4.69, 9.17) is 9.84 Å². The van der Waals surface area contributed by atoms with E-state index >= 15 is 0 Å². The van der Waals surface area contributed by atoms with Crippen molar-refractivity contribution in [1.82, 2.24) is 10.6 Å². The number of carbonyl (C=O) groups is 2. The summed E-state index contributed by atoms with van der Waals surface area (Å²) in [4.78, 5) is 22.8. The van der Waals surface area contributed by atoms with Crippen LogP contribution in [0.5, 0.6) is 0 Å². The third-order valence-electron chi connectivity index (χ3n) is 2.84. The van der Waals surface area contributed by atoms with Gasteiger partial charge in [0.2, 0.25) is 0 Å². The van der Waals surface area contributed by atoms with E-state index in [1.807, 2.05) is 20.8 Å². The van der Waals surface area contributed by atoms with Crippen LogP contribution >= 0.6 is 0 Å². The van der Waals surface area contributed by atoms with Crippen LogP contribution in [-0.2, 0) is 9.53 Å². The first-order valence-electron chi connectivity index (χ1n) is 6.67. The zero-order chi connectivity index (χ0) is 15.0. The van der Waals surface area contributed by atoms with Crippen molar-refractivity contribution in [1.29, 1.82) is 0 Å². The van der Waals surface area contributed by atoms with Crippen LogP contribution in [0.1, 0.15) is 34.6 Å². The number of amides is 2. The molecule has 2 atom stereocenters. The van der Waals surface area contributed by atoms with Crippen molar-refractivity contribution < 1.29 is 19.4 Å². The molecule has 0 fully saturated rings. The highest BCUT2D eigenvalue weighted by Crippen LogP contribution is 2.04. The van der Waals surface area contributed by atoms with Gasteiger partial charge in [-0.1, -0.05) is 27.7 Å². The van der Waals surface area contributed by atoms with Gasteiger partial charge in [-0.15, -0.1) is 0 Å². The van der Waals surface area contributed by atoms with E-state index in [0.29, 0.717) is 13.2 Å². The lowest BCUT2D eigenvalue weighted by Gasteiger charge is -2.24. The largest absolute Gasteiger partial charge is 0.480 e. The van der Waals surface area contributed by atoms with E-state index in [1.165, 1.54) is 0 Å². The van der Waals surface area contributed by atoms with E-state index in [2.05, 4.69) is 10.6 Å². The topological polar surface area (TPSA) is 87.7 Å². The van der Waals surface area contributed by atoms with Crippen LogP contribution in [0.25, 0.3) is 0 Å². The third kappa shape index (κ3) is 7.00. The summed E-state index contributed by atoms with van der Waals surface area (Å²) in [5.74, 6) is -0.997. The smallest absolute Gasteiger partial charge is 0.326 e. The normalized spacial score (nSPS) is 14.3. The molecule has 0 heterocycles. The summed E-state index contributed by atoms with van der Waals surface area (Å²) in [5.41, 5.74) is 0. The summed E-state index contributed by atoms with van der Waals surface area (Å²) in [5, 5.41) is 14.2. The number of urea groups is 1. The number of hydrogen-bond acceptors (Lipinski definition) is 3. The predicted octanol–water partition coefficient (Wildman–Crippen LogP) is 1.46. The lowest BCUT2D eigenvalue weighted by Crippen LogP contribution is -2.53. The fourth-order valence-corrected chi connectivity index (χ4v) is 1.51. The molecular formula is C13H26N2O4. The van der Waals surface area contributed by atoms with Crippen LogP contribution < -0.4 is 10.6 Å². The van der Waals surface area contributed by atoms with Gasteiger partial charge in [0.05, 0.1) is 12.6 Å². The minimum Gasteiger partial charge on any atom is -0.480 e.